The Morgan fingerprint density at radius 1 is 0.824 bits per heavy atom. The average Bonchev–Trinajstić information content (AvgIpc) is 2.38. The molecule has 1 aromatic rings. The number of unbranched alkanes of at least 4 members (excludes halogenated alkanes) is 4. The van der Waals surface area contributed by atoms with E-state index in [-0.39, 0.29) is 0 Å². The summed E-state index contributed by atoms with van der Waals surface area (Å²) in [6, 6.07) is 10.6. The quantitative estimate of drug-likeness (QED) is 0.537. The third kappa shape index (κ3) is 7.98. The molecule has 0 aliphatic carbocycles. The molecule has 0 amide bonds. The van der Waals surface area contributed by atoms with Crippen molar-refractivity contribution in [3.05, 3.63) is 35.9 Å². The van der Waals surface area contributed by atoms with Gasteiger partial charge in [0.05, 0.1) is 0 Å². The van der Waals surface area contributed by atoms with Gasteiger partial charge in [-0.2, -0.15) is 0 Å². The van der Waals surface area contributed by atoms with Gasteiger partial charge in [0.25, 0.3) is 0 Å². The Morgan fingerprint density at radius 3 is 2.29 bits per heavy atom. The molecule has 17 heavy (non-hydrogen) atoms. The second kappa shape index (κ2) is 10.3. The van der Waals surface area contributed by atoms with Crippen LogP contribution in [0.4, 0.5) is 0 Å². The second-order valence-electron chi connectivity index (χ2n) is 4.62. The summed E-state index contributed by atoms with van der Waals surface area (Å²) < 4.78 is 5.64. The molecule has 0 spiro atoms. The maximum absolute atomic E-state index is 5.64. The maximum Gasteiger partial charge on any atom is 0.0469 e. The lowest BCUT2D eigenvalue weighted by molar-refractivity contribution is 0.127. The van der Waals surface area contributed by atoms with E-state index < -0.39 is 0 Å². The van der Waals surface area contributed by atoms with E-state index in [0.29, 0.717) is 0 Å². The van der Waals surface area contributed by atoms with Crippen molar-refractivity contribution in [1.82, 2.24) is 0 Å². The number of hydrogen-bond acceptors (Lipinski definition) is 1. The highest BCUT2D eigenvalue weighted by atomic mass is 16.5. The summed E-state index contributed by atoms with van der Waals surface area (Å²) in [5.41, 5.74) is 1.42. The van der Waals surface area contributed by atoms with E-state index in [2.05, 4.69) is 37.3 Å². The molecule has 0 heterocycles. The number of rotatable bonds is 10. The molecule has 0 atom stereocenters. The molecule has 0 saturated carbocycles. The van der Waals surface area contributed by atoms with E-state index in [1.165, 1.54) is 37.7 Å². The molecule has 0 aromatic heterocycles. The molecule has 96 valence electrons. The van der Waals surface area contributed by atoms with Gasteiger partial charge in [0, 0.05) is 13.2 Å². The van der Waals surface area contributed by atoms with Gasteiger partial charge in [-0.05, 0) is 24.8 Å². The van der Waals surface area contributed by atoms with Gasteiger partial charge < -0.3 is 4.74 Å². The van der Waals surface area contributed by atoms with Gasteiger partial charge in [-0.25, -0.2) is 0 Å². The number of hydrogen-bond donors (Lipinski definition) is 0. The number of benzene rings is 1. The van der Waals surface area contributed by atoms with Gasteiger partial charge >= 0.3 is 0 Å². The van der Waals surface area contributed by atoms with E-state index in [1.807, 2.05) is 0 Å². The first-order valence-corrected chi connectivity index (χ1v) is 7.05. The molecule has 1 rings (SSSR count). The van der Waals surface area contributed by atoms with Crippen LogP contribution in [0.1, 0.15) is 51.0 Å². The van der Waals surface area contributed by atoms with Gasteiger partial charge in [-0.1, -0.05) is 62.9 Å². The molecule has 1 nitrogen and oxygen atoms in total. The van der Waals surface area contributed by atoms with Gasteiger partial charge in [0.2, 0.25) is 0 Å². The van der Waals surface area contributed by atoms with Gasteiger partial charge in [0.15, 0.2) is 0 Å². The van der Waals surface area contributed by atoms with Crippen LogP contribution in [0.3, 0.4) is 0 Å². The van der Waals surface area contributed by atoms with Crippen LogP contribution in [0.25, 0.3) is 0 Å². The minimum Gasteiger partial charge on any atom is -0.381 e. The van der Waals surface area contributed by atoms with Crippen molar-refractivity contribution in [3.63, 3.8) is 0 Å². The van der Waals surface area contributed by atoms with Gasteiger partial charge in [-0.3, -0.25) is 0 Å². The predicted octanol–water partition coefficient (Wildman–Crippen LogP) is 4.61. The highest BCUT2D eigenvalue weighted by molar-refractivity contribution is 5.14. The third-order valence-corrected chi connectivity index (χ3v) is 2.99. The molecule has 0 aliphatic heterocycles. The minimum absolute atomic E-state index is 0.905. The van der Waals surface area contributed by atoms with Crippen molar-refractivity contribution in [2.45, 2.75) is 51.9 Å². The fraction of sp³-hybridized carbons (Fsp3) is 0.625. The summed E-state index contributed by atoms with van der Waals surface area (Å²) in [7, 11) is 0. The van der Waals surface area contributed by atoms with Crippen LogP contribution in [0, 0.1) is 0 Å². The monoisotopic (exact) mass is 234 g/mol. The molecule has 0 fully saturated rings. The Balaban J connectivity index is 1.85. The fourth-order valence-corrected chi connectivity index (χ4v) is 1.93. The van der Waals surface area contributed by atoms with Crippen molar-refractivity contribution in [2.75, 3.05) is 13.2 Å². The summed E-state index contributed by atoms with van der Waals surface area (Å²) in [6.07, 6.45) is 8.88. The molecule has 0 aliphatic rings. The SMILES string of the molecule is CCCCCCCOCCCc1ccccc1. The van der Waals surface area contributed by atoms with Crippen LogP contribution in [0.2, 0.25) is 0 Å². The topological polar surface area (TPSA) is 9.23 Å². The maximum atomic E-state index is 5.64. The molecule has 0 unspecified atom stereocenters. The molecule has 0 radical (unpaired) electrons. The Hall–Kier alpha value is -0.820. The van der Waals surface area contributed by atoms with Crippen LogP contribution in [0.5, 0.6) is 0 Å². The standard InChI is InChI=1S/C16H26O/c1-2-3-4-5-9-14-17-15-10-13-16-11-7-6-8-12-16/h6-8,11-12H,2-5,9-10,13-15H2,1H3. The highest BCUT2D eigenvalue weighted by Gasteiger charge is 1.93. The fourth-order valence-electron chi connectivity index (χ4n) is 1.93. The van der Waals surface area contributed by atoms with E-state index >= 15 is 0 Å². The lowest BCUT2D eigenvalue weighted by Crippen LogP contribution is -1.98. The third-order valence-electron chi connectivity index (χ3n) is 2.99. The predicted molar refractivity (Wildman–Crippen MR) is 74.3 cm³/mol. The zero-order valence-corrected chi connectivity index (χ0v) is 11.2. The first-order chi connectivity index (χ1) is 8.43. The number of aryl methyl sites for hydroxylation is 1. The lowest BCUT2D eigenvalue weighted by atomic mass is 10.1. The highest BCUT2D eigenvalue weighted by Crippen LogP contribution is 2.04. The van der Waals surface area contributed by atoms with E-state index in [4.69, 9.17) is 4.74 Å². The van der Waals surface area contributed by atoms with Crippen LogP contribution in [-0.2, 0) is 11.2 Å². The van der Waals surface area contributed by atoms with Crippen molar-refractivity contribution in [3.8, 4) is 0 Å². The van der Waals surface area contributed by atoms with Gasteiger partial charge in [-0.15, -0.1) is 0 Å². The zero-order chi connectivity index (χ0) is 12.2. The molecular formula is C16H26O. The summed E-state index contributed by atoms with van der Waals surface area (Å²) in [5.74, 6) is 0. The van der Waals surface area contributed by atoms with Crippen molar-refractivity contribution in [1.29, 1.82) is 0 Å². The van der Waals surface area contributed by atoms with Crippen molar-refractivity contribution < 1.29 is 4.74 Å². The summed E-state index contributed by atoms with van der Waals surface area (Å²) in [5, 5.41) is 0. The summed E-state index contributed by atoms with van der Waals surface area (Å²) in [6.45, 7) is 4.10. The van der Waals surface area contributed by atoms with E-state index in [1.54, 1.807) is 0 Å². The molecule has 1 heteroatoms. The Labute approximate surface area is 106 Å². The van der Waals surface area contributed by atoms with Crippen molar-refractivity contribution >= 4 is 0 Å². The van der Waals surface area contributed by atoms with E-state index in [0.717, 1.165) is 26.1 Å². The average molecular weight is 234 g/mol. The minimum atomic E-state index is 0.905. The molecule has 1 aromatic carbocycles. The first kappa shape index (κ1) is 14.2. The van der Waals surface area contributed by atoms with Crippen LogP contribution in [0.15, 0.2) is 30.3 Å². The lowest BCUT2D eigenvalue weighted by Gasteiger charge is -2.04. The Bertz CT molecular complexity index is 255. The smallest absolute Gasteiger partial charge is 0.0469 e. The Kier molecular flexibility index (Phi) is 8.66. The molecular weight excluding hydrogens is 208 g/mol. The first-order valence-electron chi connectivity index (χ1n) is 7.05. The number of ether oxygens (including phenoxy) is 1. The summed E-state index contributed by atoms with van der Waals surface area (Å²) >= 11 is 0. The van der Waals surface area contributed by atoms with Crippen LogP contribution >= 0.6 is 0 Å². The largest absolute Gasteiger partial charge is 0.381 e. The van der Waals surface area contributed by atoms with Crippen LogP contribution in [-0.4, -0.2) is 13.2 Å². The molecule has 0 bridgehead atoms. The summed E-state index contributed by atoms with van der Waals surface area (Å²) in [4.78, 5) is 0. The van der Waals surface area contributed by atoms with Crippen LogP contribution < -0.4 is 0 Å². The zero-order valence-electron chi connectivity index (χ0n) is 11.2. The normalized spacial score (nSPS) is 10.6. The van der Waals surface area contributed by atoms with Gasteiger partial charge in [0.1, 0.15) is 0 Å². The van der Waals surface area contributed by atoms with E-state index in [9.17, 15) is 0 Å². The Morgan fingerprint density at radius 2 is 1.53 bits per heavy atom. The van der Waals surface area contributed by atoms with Crippen molar-refractivity contribution in [2.24, 2.45) is 0 Å². The molecule has 0 N–H and O–H groups in total. The molecule has 0 saturated heterocycles. The second-order valence-corrected chi connectivity index (χ2v) is 4.62.